The number of para-hydroxylation sites is 4. The van der Waals surface area contributed by atoms with Crippen LogP contribution in [0.3, 0.4) is 0 Å². The highest BCUT2D eigenvalue weighted by molar-refractivity contribution is 7.99. The Hall–Kier alpha value is -3.90. The number of aryl methyl sites for hydroxylation is 1. The molecule has 2 aromatic carbocycles. The lowest BCUT2D eigenvalue weighted by Crippen LogP contribution is -2.03. The van der Waals surface area contributed by atoms with Crippen molar-refractivity contribution in [3.63, 3.8) is 0 Å². The molecule has 3 aromatic heterocycles. The number of imidazole rings is 1. The third-order valence-corrected chi connectivity index (χ3v) is 5.75. The van der Waals surface area contributed by atoms with E-state index in [1.807, 2.05) is 65.9 Å². The van der Waals surface area contributed by atoms with Crippen molar-refractivity contribution in [1.82, 2.24) is 29.6 Å². The van der Waals surface area contributed by atoms with Crippen LogP contribution in [0.1, 0.15) is 11.1 Å². The average Bonchev–Trinajstić information content (AvgIpc) is 3.38. The maximum atomic E-state index is 9.68. The molecule has 0 unspecified atom stereocenters. The zero-order valence-electron chi connectivity index (χ0n) is 16.1. The van der Waals surface area contributed by atoms with Crippen LogP contribution in [-0.2, 0) is 0 Å². The Balaban J connectivity index is 1.72. The molecular weight excluding hydrogens is 398 g/mol. The van der Waals surface area contributed by atoms with E-state index >= 15 is 0 Å². The van der Waals surface area contributed by atoms with Crippen molar-refractivity contribution in [2.75, 3.05) is 7.11 Å². The number of nitriles is 1. The number of rotatable bonds is 4. The van der Waals surface area contributed by atoms with E-state index in [-0.39, 0.29) is 0 Å². The quantitative estimate of drug-likeness (QED) is 0.442. The molecule has 5 aromatic rings. The summed E-state index contributed by atoms with van der Waals surface area (Å²) in [7, 11) is 1.61. The van der Waals surface area contributed by atoms with E-state index in [1.165, 1.54) is 11.8 Å². The lowest BCUT2D eigenvalue weighted by atomic mass is 10.2. The SMILES string of the molecule is COc1ccccc1-n1nnnc1Sc1cc(C)c(C#N)c2nc3ccccc3n12. The molecule has 0 saturated carbocycles. The Morgan fingerprint density at radius 3 is 2.73 bits per heavy atom. The minimum absolute atomic E-state index is 0.555. The first-order valence-electron chi connectivity index (χ1n) is 9.12. The average molecular weight is 413 g/mol. The normalized spacial score (nSPS) is 11.1. The lowest BCUT2D eigenvalue weighted by molar-refractivity contribution is 0.410. The highest BCUT2D eigenvalue weighted by Gasteiger charge is 2.19. The Morgan fingerprint density at radius 1 is 1.10 bits per heavy atom. The van der Waals surface area contributed by atoms with Gasteiger partial charge in [-0.05, 0) is 65.0 Å². The van der Waals surface area contributed by atoms with Gasteiger partial charge in [0.25, 0.3) is 0 Å². The van der Waals surface area contributed by atoms with E-state index in [1.54, 1.807) is 11.8 Å². The van der Waals surface area contributed by atoms with Gasteiger partial charge in [0.05, 0.1) is 28.7 Å². The number of tetrazole rings is 1. The molecule has 0 bridgehead atoms. The number of ether oxygens (including phenoxy) is 1. The molecule has 5 rings (SSSR count). The molecule has 0 fully saturated rings. The largest absolute Gasteiger partial charge is 0.494 e. The van der Waals surface area contributed by atoms with Crippen LogP contribution in [0.5, 0.6) is 5.75 Å². The van der Waals surface area contributed by atoms with Gasteiger partial charge in [0.1, 0.15) is 17.5 Å². The molecule has 0 amide bonds. The molecule has 0 aliphatic heterocycles. The fourth-order valence-electron chi connectivity index (χ4n) is 3.42. The molecule has 0 spiro atoms. The molecule has 30 heavy (non-hydrogen) atoms. The van der Waals surface area contributed by atoms with Gasteiger partial charge in [0.2, 0.25) is 5.16 Å². The first-order chi connectivity index (χ1) is 14.7. The van der Waals surface area contributed by atoms with Crippen LogP contribution in [0.25, 0.3) is 22.4 Å². The predicted octanol–water partition coefficient (Wildman–Crippen LogP) is 3.80. The van der Waals surface area contributed by atoms with Crippen molar-refractivity contribution in [3.8, 4) is 17.5 Å². The molecule has 0 aliphatic carbocycles. The highest BCUT2D eigenvalue weighted by Crippen LogP contribution is 2.34. The summed E-state index contributed by atoms with van der Waals surface area (Å²) in [5, 5.41) is 23.4. The van der Waals surface area contributed by atoms with Crippen LogP contribution in [0.2, 0.25) is 0 Å². The number of methoxy groups -OCH3 is 1. The molecule has 3 heterocycles. The molecular formula is C21H15N7OS. The fraction of sp³-hybridized carbons (Fsp3) is 0.0952. The maximum Gasteiger partial charge on any atom is 0.220 e. The second-order valence-corrected chi connectivity index (χ2v) is 7.55. The molecule has 146 valence electrons. The van der Waals surface area contributed by atoms with Crippen LogP contribution in [-0.4, -0.2) is 36.7 Å². The van der Waals surface area contributed by atoms with Crippen molar-refractivity contribution >= 4 is 28.4 Å². The number of aromatic nitrogens is 6. The first kappa shape index (κ1) is 18.1. The van der Waals surface area contributed by atoms with Crippen molar-refractivity contribution in [2.24, 2.45) is 0 Å². The van der Waals surface area contributed by atoms with E-state index in [9.17, 15) is 5.26 Å². The van der Waals surface area contributed by atoms with Gasteiger partial charge in [0.15, 0.2) is 5.65 Å². The molecule has 0 N–H and O–H groups in total. The molecule has 0 saturated heterocycles. The van der Waals surface area contributed by atoms with Crippen LogP contribution in [0.4, 0.5) is 0 Å². The Kier molecular flexibility index (Phi) is 4.34. The summed E-state index contributed by atoms with van der Waals surface area (Å²) in [5.41, 5.74) is 4.51. The van der Waals surface area contributed by atoms with Crippen molar-refractivity contribution in [1.29, 1.82) is 5.26 Å². The van der Waals surface area contributed by atoms with Crippen LogP contribution >= 0.6 is 11.8 Å². The fourth-order valence-corrected chi connectivity index (χ4v) is 4.42. The minimum atomic E-state index is 0.555. The zero-order chi connectivity index (χ0) is 20.7. The number of hydrogen-bond acceptors (Lipinski definition) is 7. The zero-order valence-corrected chi connectivity index (χ0v) is 17.0. The van der Waals surface area contributed by atoms with Gasteiger partial charge < -0.3 is 4.74 Å². The van der Waals surface area contributed by atoms with Gasteiger partial charge in [-0.25, -0.2) is 4.98 Å². The van der Waals surface area contributed by atoms with Crippen LogP contribution < -0.4 is 4.74 Å². The number of fused-ring (bicyclic) bond motifs is 3. The van der Waals surface area contributed by atoms with Crippen LogP contribution in [0, 0.1) is 18.3 Å². The summed E-state index contributed by atoms with van der Waals surface area (Å²) >= 11 is 1.40. The van der Waals surface area contributed by atoms with E-state index in [2.05, 4.69) is 21.6 Å². The second kappa shape index (κ2) is 7.17. The number of nitrogens with zero attached hydrogens (tertiary/aromatic N) is 7. The van der Waals surface area contributed by atoms with Crippen molar-refractivity contribution in [3.05, 3.63) is 65.7 Å². The molecule has 0 aliphatic rings. The molecule has 9 heteroatoms. The topological polar surface area (TPSA) is 93.9 Å². The third kappa shape index (κ3) is 2.77. The third-order valence-electron chi connectivity index (χ3n) is 4.80. The van der Waals surface area contributed by atoms with E-state index in [0.29, 0.717) is 22.1 Å². The maximum absolute atomic E-state index is 9.68. The highest BCUT2D eigenvalue weighted by atomic mass is 32.2. The summed E-state index contributed by atoms with van der Waals surface area (Å²) in [6.07, 6.45) is 0. The summed E-state index contributed by atoms with van der Waals surface area (Å²) in [6.45, 7) is 1.91. The number of benzene rings is 2. The first-order valence-corrected chi connectivity index (χ1v) is 9.93. The molecule has 0 atom stereocenters. The summed E-state index contributed by atoms with van der Waals surface area (Å²) < 4.78 is 9.08. The standard InChI is InChI=1S/C21H15N7OS/c1-13-11-19(27-16-8-4-3-7-15(16)23-20(27)14(13)12-22)30-21-24-25-26-28(21)17-9-5-6-10-18(17)29-2/h3-11H,1-2H3. The second-order valence-electron chi connectivity index (χ2n) is 6.56. The molecule has 8 nitrogen and oxygen atoms in total. The monoisotopic (exact) mass is 413 g/mol. The van der Waals surface area contributed by atoms with Gasteiger partial charge in [-0.3, -0.25) is 4.40 Å². The van der Waals surface area contributed by atoms with Gasteiger partial charge in [-0.15, -0.1) is 5.10 Å². The summed E-state index contributed by atoms with van der Waals surface area (Å²) in [6, 6.07) is 19.6. The van der Waals surface area contributed by atoms with E-state index < -0.39 is 0 Å². The van der Waals surface area contributed by atoms with E-state index in [4.69, 9.17) is 9.72 Å². The summed E-state index contributed by atoms with van der Waals surface area (Å²) in [5.74, 6) is 0.667. The Labute approximate surface area is 175 Å². The van der Waals surface area contributed by atoms with E-state index in [0.717, 1.165) is 27.3 Å². The van der Waals surface area contributed by atoms with Crippen LogP contribution in [0.15, 0.2) is 64.8 Å². The van der Waals surface area contributed by atoms with Gasteiger partial charge >= 0.3 is 0 Å². The smallest absolute Gasteiger partial charge is 0.220 e. The van der Waals surface area contributed by atoms with Crippen molar-refractivity contribution < 1.29 is 4.74 Å². The predicted molar refractivity (Wildman–Crippen MR) is 112 cm³/mol. The minimum Gasteiger partial charge on any atom is -0.494 e. The Morgan fingerprint density at radius 2 is 1.90 bits per heavy atom. The Bertz CT molecular complexity index is 1450. The number of hydrogen-bond donors (Lipinski definition) is 0. The van der Waals surface area contributed by atoms with Crippen molar-refractivity contribution in [2.45, 2.75) is 17.1 Å². The number of pyridine rings is 1. The van der Waals surface area contributed by atoms with Gasteiger partial charge in [0, 0.05) is 0 Å². The van der Waals surface area contributed by atoms with Gasteiger partial charge in [-0.2, -0.15) is 9.94 Å². The lowest BCUT2D eigenvalue weighted by Gasteiger charge is -2.11. The van der Waals surface area contributed by atoms with Gasteiger partial charge in [-0.1, -0.05) is 24.3 Å². The molecule has 0 radical (unpaired) electrons. The summed E-state index contributed by atoms with van der Waals surface area (Å²) in [4.78, 5) is 4.69.